The maximum atomic E-state index is 15.2. The van der Waals surface area contributed by atoms with Crippen LogP contribution in [0.3, 0.4) is 0 Å². The highest BCUT2D eigenvalue weighted by Crippen LogP contribution is 2.37. The average molecular weight is 800 g/mol. The van der Waals surface area contributed by atoms with Gasteiger partial charge in [-0.1, -0.05) is 59.6 Å². The predicted octanol–water partition coefficient (Wildman–Crippen LogP) is 7.31. The molecule has 2 fully saturated rings. The molecule has 4 aromatic rings. The summed E-state index contributed by atoms with van der Waals surface area (Å²) in [5.74, 6) is -0.372. The lowest BCUT2D eigenvalue weighted by Gasteiger charge is -2.44. The minimum Gasteiger partial charge on any atom is -0.369 e. The molecular weight excluding hydrogens is 757 g/mol. The molecule has 9 nitrogen and oxygen atoms in total. The van der Waals surface area contributed by atoms with Crippen LogP contribution in [0.15, 0.2) is 48.5 Å². The van der Waals surface area contributed by atoms with Crippen LogP contribution in [0.5, 0.6) is 0 Å². The first-order valence-corrected chi connectivity index (χ1v) is 18.4. The Labute approximate surface area is 320 Å². The molecule has 4 heterocycles. The number of hydrogen-bond donors (Lipinski definition) is 0. The van der Waals surface area contributed by atoms with Gasteiger partial charge < -0.3 is 9.80 Å². The molecule has 2 saturated heterocycles. The number of aromatic nitrogens is 4. The van der Waals surface area contributed by atoms with Crippen LogP contribution in [0.25, 0.3) is 0 Å². The normalized spacial score (nSPS) is 17.6. The molecule has 2 aromatic heterocycles. The number of carbonyl (C=O) groups excluding carboxylic acids is 1. The van der Waals surface area contributed by atoms with Crippen molar-refractivity contribution >= 4 is 40.4 Å². The number of ketones is 1. The molecule has 0 radical (unpaired) electrons. The Morgan fingerprint density at radius 3 is 1.24 bits per heavy atom. The summed E-state index contributed by atoms with van der Waals surface area (Å²) < 4.78 is 85.8. The maximum Gasteiger partial charge on any atom is 0.436 e. The lowest BCUT2D eigenvalue weighted by Crippen LogP contribution is -2.61. The van der Waals surface area contributed by atoms with Crippen LogP contribution in [0.1, 0.15) is 33.9 Å². The molecule has 6 rings (SSSR count). The topological polar surface area (TPSA) is 65.7 Å². The molecule has 0 bridgehead atoms. The summed E-state index contributed by atoms with van der Waals surface area (Å²) in [6, 6.07) is 13.8. The van der Waals surface area contributed by atoms with Crippen molar-refractivity contribution in [2.45, 2.75) is 65.2 Å². The first-order chi connectivity index (χ1) is 25.5. The van der Waals surface area contributed by atoms with Gasteiger partial charge in [0, 0.05) is 63.7 Å². The number of Topliss-reactive ketones (excluding diaryl/α,β-unsaturated/α-hetero) is 1. The zero-order valence-corrected chi connectivity index (χ0v) is 31.9. The van der Waals surface area contributed by atoms with Gasteiger partial charge >= 0.3 is 12.4 Å². The van der Waals surface area contributed by atoms with E-state index in [1.807, 2.05) is 72.2 Å². The van der Waals surface area contributed by atoms with E-state index in [2.05, 4.69) is 20.0 Å². The molecule has 0 aliphatic carbocycles. The van der Waals surface area contributed by atoms with Gasteiger partial charge in [-0.15, -0.1) is 0 Å². The zero-order valence-electron chi connectivity index (χ0n) is 30.4. The van der Waals surface area contributed by atoms with Crippen LogP contribution >= 0.6 is 23.2 Å². The number of para-hydroxylation sites is 2. The fraction of sp³-hybridized carbons (Fsp3) is 0.486. The molecule has 17 heteroatoms. The number of aryl methyl sites for hydroxylation is 2. The quantitative estimate of drug-likeness (QED) is 0.156. The summed E-state index contributed by atoms with van der Waals surface area (Å²) in [5.41, 5.74) is 1.85. The number of piperazine rings is 2. The lowest BCUT2D eigenvalue weighted by atomic mass is 9.99. The Morgan fingerprint density at radius 1 is 0.611 bits per heavy atom. The van der Waals surface area contributed by atoms with E-state index in [9.17, 15) is 26.3 Å². The number of rotatable bonds is 10. The Morgan fingerprint density at radius 2 is 0.944 bits per heavy atom. The predicted molar refractivity (Wildman–Crippen MR) is 196 cm³/mol. The number of benzene rings is 2. The van der Waals surface area contributed by atoms with Gasteiger partial charge in [0.15, 0.2) is 17.2 Å². The molecule has 2 unspecified atom stereocenters. The van der Waals surface area contributed by atoms with E-state index < -0.39 is 45.9 Å². The van der Waals surface area contributed by atoms with Crippen LogP contribution < -0.4 is 9.80 Å². The number of alkyl halides is 6. The first-order valence-electron chi connectivity index (χ1n) is 17.7. The number of nitrogens with zero attached hydrogens (tertiary/aromatic N) is 8. The molecule has 2 aromatic carbocycles. The van der Waals surface area contributed by atoms with Crippen molar-refractivity contribution in [2.24, 2.45) is 0 Å². The molecule has 0 spiro atoms. The summed E-state index contributed by atoms with van der Waals surface area (Å²) in [5, 5.41) is 6.55. The van der Waals surface area contributed by atoms with Crippen LogP contribution in [-0.4, -0.2) is 99.6 Å². The van der Waals surface area contributed by atoms with Crippen molar-refractivity contribution in [2.75, 3.05) is 62.2 Å². The molecule has 0 saturated carbocycles. The molecule has 2 atom stereocenters. The van der Waals surface area contributed by atoms with Crippen LogP contribution in [0, 0.1) is 27.7 Å². The van der Waals surface area contributed by atoms with Gasteiger partial charge in [-0.3, -0.25) is 24.0 Å². The monoisotopic (exact) mass is 798 g/mol. The highest BCUT2D eigenvalue weighted by atomic mass is 35.5. The second kappa shape index (κ2) is 15.8. The smallest absolute Gasteiger partial charge is 0.369 e. The third kappa shape index (κ3) is 8.24. The highest BCUT2D eigenvalue weighted by molar-refractivity contribution is 6.32. The SMILES string of the molecule is Cc1ccccc1N1CCN(C(Cn2nc(C(F)(F)F)c(Cl)c2C)C(=O)C(Cn2nc(C(F)(F)F)c(Cl)c2C)N2CCN(c3ccccc3C)CC2)CC1. The van der Waals surface area contributed by atoms with Gasteiger partial charge in [-0.2, -0.15) is 36.5 Å². The fourth-order valence-corrected chi connectivity index (χ4v) is 7.96. The molecule has 0 amide bonds. The van der Waals surface area contributed by atoms with Crippen molar-refractivity contribution in [3.8, 4) is 0 Å². The van der Waals surface area contributed by atoms with Crippen LogP contribution in [0.4, 0.5) is 37.7 Å². The summed E-state index contributed by atoms with van der Waals surface area (Å²) in [7, 11) is 0. The first kappa shape index (κ1) is 39.9. The molecule has 54 heavy (non-hydrogen) atoms. The maximum absolute atomic E-state index is 15.2. The molecule has 2 aliphatic heterocycles. The Kier molecular flexibility index (Phi) is 11.6. The van der Waals surface area contributed by atoms with Crippen molar-refractivity contribution in [1.82, 2.24) is 29.4 Å². The van der Waals surface area contributed by atoms with Crippen molar-refractivity contribution in [3.63, 3.8) is 0 Å². The number of anilines is 2. The Balaban J connectivity index is 1.36. The van der Waals surface area contributed by atoms with Crippen molar-refractivity contribution in [3.05, 3.63) is 92.5 Å². The number of carbonyl (C=O) groups is 1. The highest BCUT2D eigenvalue weighted by Gasteiger charge is 2.43. The zero-order chi connectivity index (χ0) is 39.1. The Hall–Kier alpha value is -3.79. The van der Waals surface area contributed by atoms with Gasteiger partial charge in [-0.05, 0) is 51.0 Å². The minimum absolute atomic E-state index is 0.0493. The van der Waals surface area contributed by atoms with Gasteiger partial charge in [0.2, 0.25) is 0 Å². The second-order valence-corrected chi connectivity index (χ2v) is 14.7. The summed E-state index contributed by atoms with van der Waals surface area (Å²) in [6.07, 6.45) is -9.64. The van der Waals surface area contributed by atoms with Gasteiger partial charge in [0.25, 0.3) is 0 Å². The van der Waals surface area contributed by atoms with E-state index in [0.717, 1.165) is 31.9 Å². The summed E-state index contributed by atoms with van der Waals surface area (Å²) in [6.45, 7) is 10.0. The summed E-state index contributed by atoms with van der Waals surface area (Å²) in [4.78, 5) is 23.4. The van der Waals surface area contributed by atoms with Crippen LogP contribution in [-0.2, 0) is 30.2 Å². The average Bonchev–Trinajstić information content (AvgIpc) is 3.59. The number of halogens is 8. The largest absolute Gasteiger partial charge is 0.436 e. The van der Waals surface area contributed by atoms with E-state index in [4.69, 9.17) is 23.2 Å². The molecule has 0 N–H and O–H groups in total. The van der Waals surface area contributed by atoms with E-state index >= 15 is 4.79 Å². The third-order valence-corrected chi connectivity index (χ3v) is 11.5. The van der Waals surface area contributed by atoms with Crippen LogP contribution in [0.2, 0.25) is 10.0 Å². The second-order valence-electron chi connectivity index (χ2n) is 13.9. The van der Waals surface area contributed by atoms with Gasteiger partial charge in [-0.25, -0.2) is 0 Å². The summed E-state index contributed by atoms with van der Waals surface area (Å²) >= 11 is 12.3. The van der Waals surface area contributed by atoms with E-state index in [-0.39, 0.29) is 30.3 Å². The fourth-order valence-electron chi connectivity index (χ4n) is 7.47. The minimum atomic E-state index is -4.82. The molecule has 2 aliphatic rings. The van der Waals surface area contributed by atoms with E-state index in [1.54, 1.807) is 0 Å². The molecule has 292 valence electrons. The van der Waals surface area contributed by atoms with Gasteiger partial charge in [0.1, 0.15) is 0 Å². The standard InChI is InChI=1S/C37H42Cl2F6N8O/c1-23-9-5-7-11-27(23)48-13-17-50(18-14-48)29(21-52-25(3)31(38)34(46-52)36(40,41)42)33(54)30(22-53-26(4)32(39)35(47-53)37(43,44)45)51-19-15-49(16-20-51)28-12-8-6-10-24(28)2/h5-12,29-30H,13-22H2,1-4H3. The van der Waals surface area contributed by atoms with E-state index in [1.165, 1.54) is 13.8 Å². The van der Waals surface area contributed by atoms with E-state index in [0.29, 0.717) is 52.4 Å². The molecular formula is C37H42Cl2F6N8O. The Bertz CT molecular complexity index is 1820. The van der Waals surface area contributed by atoms with Gasteiger partial charge in [0.05, 0.1) is 46.6 Å². The van der Waals surface area contributed by atoms with Crippen molar-refractivity contribution < 1.29 is 31.1 Å². The van der Waals surface area contributed by atoms with Crippen molar-refractivity contribution in [1.29, 1.82) is 0 Å². The third-order valence-electron chi connectivity index (χ3n) is 10.6. The number of hydrogen-bond acceptors (Lipinski definition) is 7. The lowest BCUT2D eigenvalue weighted by molar-refractivity contribution is -0.142.